The molecule has 5 rings (SSSR count). The van der Waals surface area contributed by atoms with Gasteiger partial charge in [-0.15, -0.1) is 5.10 Å². The Morgan fingerprint density at radius 2 is 1.62 bits per heavy atom. The molecule has 3 aromatic rings. The molecule has 2 amide bonds. The molecular weight excluding hydrogens is 437 g/mol. The van der Waals surface area contributed by atoms with Crippen LogP contribution in [0.15, 0.2) is 42.5 Å². The van der Waals surface area contributed by atoms with Crippen LogP contribution in [0.3, 0.4) is 0 Å². The highest BCUT2D eigenvalue weighted by Gasteiger charge is 2.32. The number of nitrogens with zero attached hydrogens (tertiary/aromatic N) is 5. The second-order valence-corrected chi connectivity index (χ2v) is 8.80. The number of ether oxygens (including phenoxy) is 1. The zero-order chi connectivity index (χ0) is 23.8. The van der Waals surface area contributed by atoms with E-state index >= 15 is 0 Å². The van der Waals surface area contributed by atoms with Gasteiger partial charge < -0.3 is 14.5 Å². The number of amides is 2. The zero-order valence-corrected chi connectivity index (χ0v) is 19.2. The number of rotatable bonds is 3. The lowest BCUT2D eigenvalue weighted by Crippen LogP contribution is -2.50. The highest BCUT2D eigenvalue weighted by atomic mass is 19.1. The van der Waals surface area contributed by atoms with Gasteiger partial charge in [-0.1, -0.05) is 23.4 Å². The van der Waals surface area contributed by atoms with Gasteiger partial charge in [-0.3, -0.25) is 9.59 Å². The quantitative estimate of drug-likeness (QED) is 0.597. The number of carbonyl (C=O) groups excluding carboxylic acids is 2. The third-order valence-electron chi connectivity index (χ3n) is 6.65. The van der Waals surface area contributed by atoms with Crippen molar-refractivity contribution in [2.24, 2.45) is 0 Å². The van der Waals surface area contributed by atoms with Crippen molar-refractivity contribution in [3.8, 4) is 0 Å². The minimum atomic E-state index is -0.301. The SMILES string of the molecule is Cc1ccc(C(=O)N2CCN(C(=O)c3nnn4c3CO[C@@H](c3ccc(F)cc3)C4)CC2)cc1C. The number of piperazine rings is 1. The monoisotopic (exact) mass is 463 g/mol. The normalized spacial score (nSPS) is 18.0. The van der Waals surface area contributed by atoms with Crippen molar-refractivity contribution >= 4 is 11.8 Å². The molecule has 176 valence electrons. The molecule has 0 bridgehead atoms. The third kappa shape index (κ3) is 4.19. The van der Waals surface area contributed by atoms with E-state index < -0.39 is 0 Å². The van der Waals surface area contributed by atoms with Crippen LogP contribution in [0.5, 0.6) is 0 Å². The largest absolute Gasteiger partial charge is 0.365 e. The van der Waals surface area contributed by atoms with Crippen LogP contribution in [0.25, 0.3) is 0 Å². The van der Waals surface area contributed by atoms with Crippen molar-refractivity contribution in [2.75, 3.05) is 26.2 Å². The molecule has 1 atom stereocenters. The Labute approximate surface area is 196 Å². The molecule has 0 unspecified atom stereocenters. The summed E-state index contributed by atoms with van der Waals surface area (Å²) in [5.41, 5.74) is 4.67. The van der Waals surface area contributed by atoms with E-state index in [4.69, 9.17) is 4.74 Å². The lowest BCUT2D eigenvalue weighted by Gasteiger charge is -2.34. The van der Waals surface area contributed by atoms with Gasteiger partial charge in [0.15, 0.2) is 5.69 Å². The summed E-state index contributed by atoms with van der Waals surface area (Å²) in [6.07, 6.45) is -0.280. The van der Waals surface area contributed by atoms with Crippen molar-refractivity contribution in [3.63, 3.8) is 0 Å². The molecule has 0 radical (unpaired) electrons. The molecule has 0 saturated carbocycles. The fraction of sp³-hybridized carbons (Fsp3) is 0.360. The molecular formula is C25H26FN5O3. The molecule has 0 spiro atoms. The lowest BCUT2D eigenvalue weighted by atomic mass is 10.1. The first-order valence-corrected chi connectivity index (χ1v) is 11.4. The van der Waals surface area contributed by atoms with E-state index in [1.807, 2.05) is 32.0 Å². The Kier molecular flexibility index (Phi) is 5.87. The van der Waals surface area contributed by atoms with Gasteiger partial charge in [-0.05, 0) is 54.8 Å². The topological polar surface area (TPSA) is 80.6 Å². The number of hydrogen-bond acceptors (Lipinski definition) is 5. The molecule has 8 nitrogen and oxygen atoms in total. The summed E-state index contributed by atoms with van der Waals surface area (Å²) in [6.45, 7) is 6.40. The molecule has 2 aliphatic heterocycles. The third-order valence-corrected chi connectivity index (χ3v) is 6.65. The van der Waals surface area contributed by atoms with Gasteiger partial charge in [0.1, 0.15) is 11.9 Å². The van der Waals surface area contributed by atoms with Crippen LogP contribution in [-0.4, -0.2) is 62.8 Å². The van der Waals surface area contributed by atoms with Gasteiger partial charge in [0.25, 0.3) is 11.8 Å². The van der Waals surface area contributed by atoms with Crippen molar-refractivity contribution in [1.82, 2.24) is 24.8 Å². The first kappa shape index (κ1) is 22.2. The van der Waals surface area contributed by atoms with Crippen molar-refractivity contribution in [3.05, 3.63) is 81.9 Å². The Bertz CT molecular complexity index is 1230. The standard InChI is InChI=1S/C25H26FN5O3/c1-16-3-4-19(13-17(16)2)24(32)29-9-11-30(12-10-29)25(33)23-21-15-34-22(14-31(21)28-27-23)18-5-7-20(26)8-6-18/h3-8,13,22H,9-12,14-15H2,1-2H3/t22-/m1/s1. The van der Waals surface area contributed by atoms with Crippen LogP contribution >= 0.6 is 0 Å². The van der Waals surface area contributed by atoms with E-state index in [9.17, 15) is 14.0 Å². The Morgan fingerprint density at radius 3 is 2.29 bits per heavy atom. The predicted octanol–water partition coefficient (Wildman–Crippen LogP) is 2.90. The number of carbonyl (C=O) groups is 2. The van der Waals surface area contributed by atoms with E-state index in [1.165, 1.54) is 12.1 Å². The Hall–Kier alpha value is -3.59. The average molecular weight is 464 g/mol. The van der Waals surface area contributed by atoms with E-state index in [0.29, 0.717) is 44.0 Å². The maximum absolute atomic E-state index is 13.2. The number of aryl methyl sites for hydroxylation is 2. The van der Waals surface area contributed by atoms with Crippen LogP contribution in [-0.2, 0) is 17.9 Å². The molecule has 0 aliphatic carbocycles. The fourth-order valence-electron chi connectivity index (χ4n) is 4.38. The summed E-state index contributed by atoms with van der Waals surface area (Å²) in [5.74, 6) is -0.524. The maximum atomic E-state index is 13.2. The molecule has 1 saturated heterocycles. The summed E-state index contributed by atoms with van der Waals surface area (Å²) in [5, 5.41) is 8.30. The van der Waals surface area contributed by atoms with E-state index in [0.717, 1.165) is 16.7 Å². The summed E-state index contributed by atoms with van der Waals surface area (Å²) in [4.78, 5) is 29.5. The highest BCUT2D eigenvalue weighted by molar-refractivity contribution is 5.95. The maximum Gasteiger partial charge on any atom is 0.276 e. The minimum absolute atomic E-state index is 0.0172. The number of hydrogen-bond donors (Lipinski definition) is 0. The van der Waals surface area contributed by atoms with Crippen LogP contribution < -0.4 is 0 Å². The van der Waals surface area contributed by atoms with E-state index in [1.54, 1.807) is 26.6 Å². The second-order valence-electron chi connectivity index (χ2n) is 8.80. The van der Waals surface area contributed by atoms with Crippen LogP contribution in [0, 0.1) is 19.7 Å². The molecule has 2 aromatic carbocycles. The summed E-state index contributed by atoms with van der Waals surface area (Å²) in [6, 6.07) is 11.9. The molecule has 34 heavy (non-hydrogen) atoms. The second kappa shape index (κ2) is 8.98. The Morgan fingerprint density at radius 1 is 0.941 bits per heavy atom. The molecule has 1 fully saturated rings. The van der Waals surface area contributed by atoms with Gasteiger partial charge in [-0.25, -0.2) is 9.07 Å². The molecule has 0 N–H and O–H groups in total. The van der Waals surface area contributed by atoms with Crippen molar-refractivity contribution in [2.45, 2.75) is 33.1 Å². The molecule has 9 heteroatoms. The van der Waals surface area contributed by atoms with Crippen LogP contribution in [0.2, 0.25) is 0 Å². The first-order valence-electron chi connectivity index (χ1n) is 11.4. The minimum Gasteiger partial charge on any atom is -0.365 e. The van der Waals surface area contributed by atoms with Gasteiger partial charge >= 0.3 is 0 Å². The molecule has 3 heterocycles. The van der Waals surface area contributed by atoms with Crippen LogP contribution in [0.1, 0.15) is 49.3 Å². The number of halogens is 1. The summed E-state index contributed by atoms with van der Waals surface area (Å²) in [7, 11) is 0. The predicted molar refractivity (Wildman–Crippen MR) is 122 cm³/mol. The number of benzene rings is 2. The van der Waals surface area contributed by atoms with Crippen molar-refractivity contribution < 1.29 is 18.7 Å². The zero-order valence-electron chi connectivity index (χ0n) is 19.2. The highest BCUT2D eigenvalue weighted by Crippen LogP contribution is 2.27. The molecule has 2 aliphatic rings. The van der Waals surface area contributed by atoms with Crippen molar-refractivity contribution in [1.29, 1.82) is 0 Å². The fourth-order valence-corrected chi connectivity index (χ4v) is 4.38. The average Bonchev–Trinajstić information content (AvgIpc) is 3.29. The lowest BCUT2D eigenvalue weighted by molar-refractivity contribution is -0.00206. The van der Waals surface area contributed by atoms with E-state index in [2.05, 4.69) is 10.3 Å². The van der Waals surface area contributed by atoms with Gasteiger partial charge in [0.05, 0.1) is 18.8 Å². The van der Waals surface area contributed by atoms with Gasteiger partial charge in [0, 0.05) is 31.7 Å². The van der Waals surface area contributed by atoms with Gasteiger partial charge in [0.2, 0.25) is 0 Å². The van der Waals surface area contributed by atoms with Gasteiger partial charge in [-0.2, -0.15) is 0 Å². The summed E-state index contributed by atoms with van der Waals surface area (Å²) >= 11 is 0. The smallest absolute Gasteiger partial charge is 0.276 e. The summed E-state index contributed by atoms with van der Waals surface area (Å²) < 4.78 is 20.8. The molecule has 1 aromatic heterocycles. The number of aromatic nitrogens is 3. The Balaban J connectivity index is 1.22. The number of fused-ring (bicyclic) bond motifs is 1. The first-order chi connectivity index (χ1) is 16.4. The van der Waals surface area contributed by atoms with E-state index in [-0.39, 0.29) is 36.0 Å². The van der Waals surface area contributed by atoms with Crippen LogP contribution in [0.4, 0.5) is 4.39 Å².